The molecular weight excluding hydrogens is 388 g/mol. The highest BCUT2D eigenvalue weighted by molar-refractivity contribution is 5.93. The van der Waals surface area contributed by atoms with Crippen LogP contribution in [0.15, 0.2) is 66.9 Å². The number of nitrogens with zero attached hydrogens (tertiary/aromatic N) is 3. The van der Waals surface area contributed by atoms with Gasteiger partial charge >= 0.3 is 0 Å². The van der Waals surface area contributed by atoms with E-state index < -0.39 is 0 Å². The Morgan fingerprint density at radius 3 is 2.45 bits per heavy atom. The molecule has 1 aliphatic rings. The van der Waals surface area contributed by atoms with Gasteiger partial charge in [-0.2, -0.15) is 5.10 Å². The molecule has 2 aromatic carbocycles. The Kier molecular flexibility index (Phi) is 6.48. The van der Waals surface area contributed by atoms with E-state index in [9.17, 15) is 4.79 Å². The second-order valence-electron chi connectivity index (χ2n) is 7.70. The Hall–Kier alpha value is -3.38. The van der Waals surface area contributed by atoms with Gasteiger partial charge in [-0.3, -0.25) is 4.79 Å². The Morgan fingerprint density at radius 1 is 1.10 bits per heavy atom. The quantitative estimate of drug-likeness (QED) is 0.627. The molecule has 0 spiro atoms. The number of methoxy groups -OCH3 is 1. The van der Waals surface area contributed by atoms with E-state index in [1.807, 2.05) is 76.5 Å². The zero-order valence-electron chi connectivity index (χ0n) is 18.1. The van der Waals surface area contributed by atoms with Crippen LogP contribution in [0.2, 0.25) is 0 Å². The van der Waals surface area contributed by atoms with E-state index in [4.69, 9.17) is 9.84 Å². The van der Waals surface area contributed by atoms with Crippen molar-refractivity contribution in [2.45, 2.75) is 6.92 Å². The summed E-state index contributed by atoms with van der Waals surface area (Å²) in [4.78, 5) is 16.3. The van der Waals surface area contributed by atoms with Crippen molar-refractivity contribution in [3.8, 4) is 22.7 Å². The number of benzene rings is 2. The number of quaternary nitrogens is 1. The molecule has 0 unspecified atom stereocenters. The number of nitrogens with one attached hydrogen (secondary N) is 1. The molecule has 6 nitrogen and oxygen atoms in total. The lowest BCUT2D eigenvalue weighted by Crippen LogP contribution is -3.14. The summed E-state index contributed by atoms with van der Waals surface area (Å²) < 4.78 is 7.13. The zero-order chi connectivity index (χ0) is 21.6. The molecule has 0 atom stereocenters. The number of amides is 1. The van der Waals surface area contributed by atoms with Crippen LogP contribution in [-0.2, 0) is 4.79 Å². The Balaban J connectivity index is 1.61. The average Bonchev–Trinajstić information content (AvgIpc) is 3.27. The second-order valence-corrected chi connectivity index (χ2v) is 7.70. The molecule has 2 heterocycles. The molecule has 1 fully saturated rings. The number of piperazine rings is 1. The maximum Gasteiger partial charge on any atom is 0.246 e. The molecule has 1 amide bonds. The molecule has 0 bridgehead atoms. The van der Waals surface area contributed by atoms with Crippen LogP contribution >= 0.6 is 0 Å². The van der Waals surface area contributed by atoms with Crippen molar-refractivity contribution in [3.63, 3.8) is 0 Å². The van der Waals surface area contributed by atoms with Crippen LogP contribution in [0.4, 0.5) is 0 Å². The molecule has 0 aliphatic carbocycles. The minimum atomic E-state index is 0.0586. The van der Waals surface area contributed by atoms with E-state index in [-0.39, 0.29) is 5.91 Å². The maximum absolute atomic E-state index is 12.8. The van der Waals surface area contributed by atoms with Gasteiger partial charge in [-0.15, -0.1) is 0 Å². The number of carbonyl (C=O) groups is 1. The second kappa shape index (κ2) is 9.62. The number of ether oxygens (including phenoxy) is 1. The van der Waals surface area contributed by atoms with E-state index in [1.165, 1.54) is 0 Å². The van der Waals surface area contributed by atoms with Crippen LogP contribution in [-0.4, -0.2) is 60.4 Å². The highest BCUT2D eigenvalue weighted by Gasteiger charge is 2.21. The SMILES string of the molecule is CC[NH+]1CCN(C(=O)/C=C/c2cn(-c3ccccc3)nc2-c2ccc(OC)cc2)CC1. The predicted octanol–water partition coefficient (Wildman–Crippen LogP) is 2.31. The lowest BCUT2D eigenvalue weighted by atomic mass is 10.1. The number of carbonyl (C=O) groups excluding carboxylic acids is 1. The summed E-state index contributed by atoms with van der Waals surface area (Å²) in [6, 6.07) is 17.8. The summed E-state index contributed by atoms with van der Waals surface area (Å²) in [5, 5.41) is 4.81. The first-order chi connectivity index (χ1) is 15.2. The van der Waals surface area contributed by atoms with Crippen LogP contribution in [0.5, 0.6) is 5.75 Å². The Morgan fingerprint density at radius 2 is 1.81 bits per heavy atom. The molecule has 4 rings (SSSR count). The number of likely N-dealkylation sites (N-methyl/N-ethyl adjacent to an activating group) is 1. The van der Waals surface area contributed by atoms with Gasteiger partial charge < -0.3 is 14.5 Å². The predicted molar refractivity (Wildman–Crippen MR) is 122 cm³/mol. The average molecular weight is 418 g/mol. The zero-order valence-corrected chi connectivity index (χ0v) is 18.1. The summed E-state index contributed by atoms with van der Waals surface area (Å²) in [5.74, 6) is 0.857. The first kappa shape index (κ1) is 20.9. The minimum absolute atomic E-state index is 0.0586. The molecule has 1 aromatic heterocycles. The van der Waals surface area contributed by atoms with Gasteiger partial charge in [-0.1, -0.05) is 18.2 Å². The first-order valence-electron chi connectivity index (χ1n) is 10.8. The van der Waals surface area contributed by atoms with Gasteiger partial charge in [0.05, 0.1) is 51.2 Å². The smallest absolute Gasteiger partial charge is 0.246 e. The fourth-order valence-corrected chi connectivity index (χ4v) is 3.86. The fourth-order valence-electron chi connectivity index (χ4n) is 3.86. The van der Waals surface area contributed by atoms with Gasteiger partial charge in [0.1, 0.15) is 5.75 Å². The first-order valence-corrected chi connectivity index (χ1v) is 10.8. The summed E-state index contributed by atoms with van der Waals surface area (Å²) >= 11 is 0. The largest absolute Gasteiger partial charge is 0.497 e. The van der Waals surface area contributed by atoms with E-state index in [0.717, 1.165) is 61.0 Å². The van der Waals surface area contributed by atoms with Crippen LogP contribution in [0.3, 0.4) is 0 Å². The van der Waals surface area contributed by atoms with E-state index in [0.29, 0.717) is 0 Å². The summed E-state index contributed by atoms with van der Waals surface area (Å²) in [5.41, 5.74) is 3.68. The number of hydrogen-bond acceptors (Lipinski definition) is 3. The molecule has 1 aliphatic heterocycles. The summed E-state index contributed by atoms with van der Waals surface area (Å²) in [6.07, 6.45) is 5.53. The van der Waals surface area contributed by atoms with E-state index >= 15 is 0 Å². The third-order valence-electron chi connectivity index (χ3n) is 5.81. The molecule has 160 valence electrons. The third-order valence-corrected chi connectivity index (χ3v) is 5.81. The minimum Gasteiger partial charge on any atom is -0.497 e. The molecule has 6 heteroatoms. The summed E-state index contributed by atoms with van der Waals surface area (Å²) in [6.45, 7) is 6.94. The molecular formula is C25H29N4O2+. The standard InChI is InChI=1S/C25H28N4O2/c1-3-27-15-17-28(18-16-27)24(30)14-11-21-19-29(22-7-5-4-6-8-22)26-25(21)20-9-12-23(31-2)13-10-20/h4-14,19H,3,15-18H2,1-2H3/p+1/b14-11+. The van der Waals surface area contributed by atoms with Gasteiger partial charge in [-0.25, -0.2) is 4.68 Å². The normalized spacial score (nSPS) is 14.8. The van der Waals surface area contributed by atoms with Crippen molar-refractivity contribution in [1.29, 1.82) is 0 Å². The Labute approximate surface area is 183 Å². The molecule has 1 N–H and O–H groups in total. The molecule has 31 heavy (non-hydrogen) atoms. The monoisotopic (exact) mass is 417 g/mol. The van der Waals surface area contributed by atoms with Gasteiger partial charge in [0.25, 0.3) is 0 Å². The Bertz CT molecular complexity index is 1030. The lowest BCUT2D eigenvalue weighted by Gasteiger charge is -2.30. The molecule has 3 aromatic rings. The van der Waals surface area contributed by atoms with Gasteiger partial charge in [0.15, 0.2) is 0 Å². The van der Waals surface area contributed by atoms with Crippen molar-refractivity contribution < 1.29 is 14.4 Å². The van der Waals surface area contributed by atoms with Gasteiger partial charge in [0, 0.05) is 23.4 Å². The van der Waals surface area contributed by atoms with Crippen LogP contribution in [0, 0.1) is 0 Å². The highest BCUT2D eigenvalue weighted by atomic mass is 16.5. The van der Waals surface area contributed by atoms with Gasteiger partial charge in [0.2, 0.25) is 5.91 Å². The van der Waals surface area contributed by atoms with E-state index in [1.54, 1.807) is 18.1 Å². The van der Waals surface area contributed by atoms with Crippen molar-refractivity contribution in [1.82, 2.24) is 14.7 Å². The number of para-hydroxylation sites is 1. The van der Waals surface area contributed by atoms with Crippen LogP contribution in [0.1, 0.15) is 12.5 Å². The number of hydrogen-bond donors (Lipinski definition) is 1. The van der Waals surface area contributed by atoms with Crippen molar-refractivity contribution >= 4 is 12.0 Å². The van der Waals surface area contributed by atoms with Crippen molar-refractivity contribution in [2.75, 3.05) is 39.8 Å². The van der Waals surface area contributed by atoms with Crippen molar-refractivity contribution in [2.24, 2.45) is 0 Å². The number of aromatic nitrogens is 2. The molecule has 0 radical (unpaired) electrons. The molecule has 0 saturated carbocycles. The maximum atomic E-state index is 12.8. The third kappa shape index (κ3) is 4.86. The lowest BCUT2D eigenvalue weighted by molar-refractivity contribution is -0.902. The summed E-state index contributed by atoms with van der Waals surface area (Å²) in [7, 11) is 1.65. The highest BCUT2D eigenvalue weighted by Crippen LogP contribution is 2.26. The topological polar surface area (TPSA) is 51.8 Å². The van der Waals surface area contributed by atoms with Gasteiger partial charge in [-0.05, 0) is 49.4 Å². The molecule has 1 saturated heterocycles. The van der Waals surface area contributed by atoms with E-state index in [2.05, 4.69) is 6.92 Å². The number of rotatable bonds is 6. The van der Waals surface area contributed by atoms with Crippen LogP contribution < -0.4 is 9.64 Å². The fraction of sp³-hybridized carbons (Fsp3) is 0.280. The van der Waals surface area contributed by atoms with Crippen LogP contribution in [0.25, 0.3) is 23.0 Å². The van der Waals surface area contributed by atoms with Crippen molar-refractivity contribution in [3.05, 3.63) is 72.4 Å².